The van der Waals surface area contributed by atoms with Gasteiger partial charge in [-0.15, -0.1) is 0 Å². The van der Waals surface area contributed by atoms with Crippen molar-refractivity contribution in [2.75, 3.05) is 20.3 Å². The van der Waals surface area contributed by atoms with E-state index in [0.717, 1.165) is 20.4 Å². The molecule has 8 nitrogen and oxygen atoms in total. The molecule has 0 heterocycles. The largest absolute Gasteiger partial charge is 0.497 e. The molecular formula is C23H28IN3O5. The van der Waals surface area contributed by atoms with Gasteiger partial charge in [0, 0.05) is 0 Å². The molecule has 0 aliphatic heterocycles. The summed E-state index contributed by atoms with van der Waals surface area (Å²) in [5, 5.41) is 6.67. The van der Waals surface area contributed by atoms with Crippen molar-refractivity contribution in [2.24, 2.45) is 5.10 Å². The Hall–Kier alpha value is -2.82. The third-order valence-corrected chi connectivity index (χ3v) is 5.10. The van der Waals surface area contributed by atoms with Gasteiger partial charge in [0.25, 0.3) is 5.91 Å². The molecule has 2 N–H and O–H groups in total. The van der Waals surface area contributed by atoms with E-state index >= 15 is 0 Å². The van der Waals surface area contributed by atoms with E-state index in [9.17, 15) is 9.59 Å². The Labute approximate surface area is 201 Å². The summed E-state index contributed by atoms with van der Waals surface area (Å²) < 4.78 is 17.3. The second kappa shape index (κ2) is 12.9. The van der Waals surface area contributed by atoms with Crippen molar-refractivity contribution >= 4 is 40.6 Å². The first-order valence-corrected chi connectivity index (χ1v) is 11.3. The van der Waals surface area contributed by atoms with Crippen molar-refractivity contribution in [2.45, 2.75) is 33.2 Å². The molecule has 0 spiro atoms. The first kappa shape index (κ1) is 25.4. The zero-order valence-corrected chi connectivity index (χ0v) is 20.8. The van der Waals surface area contributed by atoms with Gasteiger partial charge in [0.05, 0.1) is 36.5 Å². The Kier molecular flexibility index (Phi) is 10.3. The molecule has 2 rings (SSSR count). The molecule has 0 aromatic heterocycles. The van der Waals surface area contributed by atoms with Crippen LogP contribution in [0.1, 0.15) is 31.9 Å². The van der Waals surface area contributed by atoms with E-state index < -0.39 is 11.9 Å². The van der Waals surface area contributed by atoms with Crippen molar-refractivity contribution in [1.29, 1.82) is 0 Å². The summed E-state index contributed by atoms with van der Waals surface area (Å²) in [6.07, 6.45) is 1.68. The SMILES string of the molecule is CCOc1cc(C=NNC(=O)C(C)NC(=O)Cc2ccc(OC)cc2)cc(I)c1OCC. The lowest BCUT2D eigenvalue weighted by Gasteiger charge is -2.14. The highest BCUT2D eigenvalue weighted by molar-refractivity contribution is 14.1. The van der Waals surface area contributed by atoms with Crippen LogP contribution in [0, 0.1) is 3.57 Å². The van der Waals surface area contributed by atoms with Crippen LogP contribution in [-0.4, -0.2) is 44.4 Å². The third-order valence-electron chi connectivity index (χ3n) is 4.30. The molecule has 32 heavy (non-hydrogen) atoms. The molecule has 2 amide bonds. The second-order valence-electron chi connectivity index (χ2n) is 6.74. The summed E-state index contributed by atoms with van der Waals surface area (Å²) in [6.45, 7) is 6.44. The monoisotopic (exact) mass is 553 g/mol. The van der Waals surface area contributed by atoms with Crippen molar-refractivity contribution < 1.29 is 23.8 Å². The van der Waals surface area contributed by atoms with E-state index in [4.69, 9.17) is 14.2 Å². The Morgan fingerprint density at radius 3 is 2.44 bits per heavy atom. The molecule has 9 heteroatoms. The maximum atomic E-state index is 12.3. The van der Waals surface area contributed by atoms with Crippen LogP contribution in [0.25, 0.3) is 0 Å². The minimum Gasteiger partial charge on any atom is -0.497 e. The van der Waals surface area contributed by atoms with E-state index in [0.29, 0.717) is 24.7 Å². The molecule has 172 valence electrons. The number of hydrazone groups is 1. The lowest BCUT2D eigenvalue weighted by atomic mass is 10.1. The average molecular weight is 553 g/mol. The number of rotatable bonds is 11. The number of nitrogens with zero attached hydrogens (tertiary/aromatic N) is 1. The molecule has 1 unspecified atom stereocenters. The number of carbonyl (C=O) groups is 2. The fourth-order valence-electron chi connectivity index (χ4n) is 2.76. The number of ether oxygens (including phenoxy) is 3. The molecule has 0 radical (unpaired) electrons. The van der Waals surface area contributed by atoms with E-state index in [2.05, 4.69) is 38.4 Å². The standard InChI is InChI=1S/C23H28IN3O5/c1-5-31-20-12-17(11-19(24)22(20)32-6-2)14-25-27-23(29)15(3)26-21(28)13-16-7-9-18(30-4)10-8-16/h7-12,14-15H,5-6,13H2,1-4H3,(H,26,28)(H,27,29). The van der Waals surface area contributed by atoms with Gasteiger partial charge in [-0.25, -0.2) is 5.43 Å². The maximum Gasteiger partial charge on any atom is 0.262 e. The van der Waals surface area contributed by atoms with Crippen LogP contribution < -0.4 is 25.0 Å². The summed E-state index contributed by atoms with van der Waals surface area (Å²) >= 11 is 2.17. The summed E-state index contributed by atoms with van der Waals surface area (Å²) in [4.78, 5) is 24.5. The molecule has 0 aliphatic rings. The van der Waals surface area contributed by atoms with Gasteiger partial charge < -0.3 is 19.5 Å². The number of methoxy groups -OCH3 is 1. The minimum absolute atomic E-state index is 0.162. The molecule has 0 fully saturated rings. The first-order valence-electron chi connectivity index (χ1n) is 10.2. The predicted octanol–water partition coefficient (Wildman–Crippen LogP) is 3.29. The first-order chi connectivity index (χ1) is 15.4. The fourth-order valence-corrected chi connectivity index (χ4v) is 3.55. The normalized spacial score (nSPS) is 11.7. The lowest BCUT2D eigenvalue weighted by Crippen LogP contribution is -2.43. The molecular weight excluding hydrogens is 525 g/mol. The van der Waals surface area contributed by atoms with Crippen LogP contribution in [0.5, 0.6) is 17.2 Å². The van der Waals surface area contributed by atoms with E-state index in [1.165, 1.54) is 6.21 Å². The maximum absolute atomic E-state index is 12.3. The number of hydrogen-bond donors (Lipinski definition) is 2. The number of amides is 2. The third kappa shape index (κ3) is 7.70. The van der Waals surface area contributed by atoms with Crippen LogP contribution in [0.15, 0.2) is 41.5 Å². The quantitative estimate of drug-likeness (QED) is 0.253. The Morgan fingerprint density at radius 1 is 1.12 bits per heavy atom. The molecule has 2 aromatic rings. The second-order valence-corrected chi connectivity index (χ2v) is 7.91. The van der Waals surface area contributed by atoms with Gasteiger partial charge in [0.2, 0.25) is 5.91 Å². The van der Waals surface area contributed by atoms with E-state index in [-0.39, 0.29) is 12.3 Å². The van der Waals surface area contributed by atoms with E-state index in [1.807, 2.05) is 32.0 Å². The molecule has 0 saturated heterocycles. The highest BCUT2D eigenvalue weighted by atomic mass is 127. The molecule has 2 aromatic carbocycles. The average Bonchev–Trinajstić information content (AvgIpc) is 2.76. The number of carbonyl (C=O) groups excluding carboxylic acids is 2. The van der Waals surface area contributed by atoms with Gasteiger partial charge in [0.1, 0.15) is 11.8 Å². The zero-order valence-electron chi connectivity index (χ0n) is 18.6. The molecule has 0 saturated carbocycles. The lowest BCUT2D eigenvalue weighted by molar-refractivity contribution is -0.128. The molecule has 0 aliphatic carbocycles. The summed E-state index contributed by atoms with van der Waals surface area (Å²) in [7, 11) is 1.58. The highest BCUT2D eigenvalue weighted by Crippen LogP contribution is 2.33. The Balaban J connectivity index is 1.92. The van der Waals surface area contributed by atoms with Crippen molar-refractivity contribution in [3.63, 3.8) is 0 Å². The van der Waals surface area contributed by atoms with Crippen LogP contribution in [0.3, 0.4) is 0 Å². The number of halogens is 1. The Morgan fingerprint density at radius 2 is 1.81 bits per heavy atom. The molecule has 1 atom stereocenters. The number of hydrogen-bond acceptors (Lipinski definition) is 6. The smallest absolute Gasteiger partial charge is 0.262 e. The topological polar surface area (TPSA) is 98.2 Å². The van der Waals surface area contributed by atoms with E-state index in [1.54, 1.807) is 32.2 Å². The highest BCUT2D eigenvalue weighted by Gasteiger charge is 2.16. The fraction of sp³-hybridized carbons (Fsp3) is 0.348. The summed E-state index contributed by atoms with van der Waals surface area (Å²) in [5.74, 6) is 1.34. The zero-order chi connectivity index (χ0) is 23.5. The molecule has 0 bridgehead atoms. The summed E-state index contributed by atoms with van der Waals surface area (Å²) in [5.41, 5.74) is 4.02. The predicted molar refractivity (Wildman–Crippen MR) is 132 cm³/mol. The van der Waals surface area contributed by atoms with Crippen LogP contribution in [-0.2, 0) is 16.0 Å². The number of nitrogens with one attached hydrogen (secondary N) is 2. The summed E-state index contributed by atoms with van der Waals surface area (Å²) in [6, 6.07) is 10.1. The van der Waals surface area contributed by atoms with Crippen LogP contribution >= 0.6 is 22.6 Å². The number of benzene rings is 2. The van der Waals surface area contributed by atoms with Crippen molar-refractivity contribution in [1.82, 2.24) is 10.7 Å². The van der Waals surface area contributed by atoms with Gasteiger partial charge in [0.15, 0.2) is 11.5 Å². The van der Waals surface area contributed by atoms with Gasteiger partial charge in [-0.3, -0.25) is 9.59 Å². The van der Waals surface area contributed by atoms with Gasteiger partial charge in [-0.2, -0.15) is 5.10 Å². The van der Waals surface area contributed by atoms with Crippen molar-refractivity contribution in [3.05, 3.63) is 51.1 Å². The van der Waals surface area contributed by atoms with Crippen LogP contribution in [0.4, 0.5) is 0 Å². The minimum atomic E-state index is -0.739. The van der Waals surface area contributed by atoms with Gasteiger partial charge >= 0.3 is 0 Å². The van der Waals surface area contributed by atoms with Gasteiger partial charge in [-0.05, 0) is 78.8 Å². The van der Waals surface area contributed by atoms with Crippen molar-refractivity contribution in [3.8, 4) is 17.2 Å². The Bertz CT molecular complexity index is 947. The van der Waals surface area contributed by atoms with Gasteiger partial charge in [-0.1, -0.05) is 12.1 Å². The van der Waals surface area contributed by atoms with Crippen LogP contribution in [0.2, 0.25) is 0 Å².